The largest absolute Gasteiger partial charge is 0.489 e. The fourth-order valence-electron chi connectivity index (χ4n) is 5.63. The molecule has 3 aromatic rings. The monoisotopic (exact) mass is 927 g/mol. The molecule has 348 valence electrons. The van der Waals surface area contributed by atoms with Gasteiger partial charge in [0.2, 0.25) is 5.52 Å². The van der Waals surface area contributed by atoms with Crippen LogP contribution in [0.15, 0.2) is 34.9 Å². The van der Waals surface area contributed by atoms with Gasteiger partial charge in [-0.2, -0.15) is 18.2 Å². The standard InChI is InChI=1S/C38H54N8O15S2/c1-35(2,3)57-31(50)26(19-56-23-13-14-25-21(15-23)17-45(44(25)12)18-22(47)16-39-33(51)58-36(4,5)6)60-43-27(24-20-62-32(40-24)42-34(52)59-37(7,8)9)29(48)41-28-30(49)46(38(28,10)11)61-63(53,54)55/h13-15,17,20,22,26,28,47H,16,18-19H2,1-12H3,(H3-,39,40,41,42,48,51,52,53,54,55)/p+1/b43-27-/t22-,26+,28-/m1/s1. The van der Waals surface area contributed by atoms with Crippen molar-refractivity contribution >= 4 is 73.5 Å². The SMILES string of the molecule is C[n+]1c2ccc(OC[C@H](O/N=C(\C(=O)N[C@@H]3C(=O)N(OS(=O)(=O)O)C3(C)C)c3csc(NC(=O)OC(C)(C)C)n3)C(=O)OC(C)(C)C)cc2cn1C[C@H](O)CNC(=O)OC(C)(C)C. The lowest BCUT2D eigenvalue weighted by Crippen LogP contribution is -2.76. The van der Waals surface area contributed by atoms with Crippen LogP contribution in [0.5, 0.6) is 5.75 Å². The number of oxime groups is 1. The van der Waals surface area contributed by atoms with Gasteiger partial charge in [-0.05, 0) is 88.3 Å². The number of alkyl carbamates (subject to hydrolysis) is 1. The number of fused-ring (bicyclic) bond motifs is 1. The molecule has 23 nitrogen and oxygen atoms in total. The van der Waals surface area contributed by atoms with Crippen LogP contribution in [0, 0.1) is 0 Å². The van der Waals surface area contributed by atoms with Gasteiger partial charge in [-0.1, -0.05) is 5.16 Å². The molecule has 63 heavy (non-hydrogen) atoms. The zero-order valence-electron chi connectivity index (χ0n) is 37.0. The molecule has 2 aromatic heterocycles. The minimum absolute atomic E-state index is 0.0239. The van der Waals surface area contributed by atoms with Gasteiger partial charge in [0.25, 0.3) is 17.9 Å². The molecule has 0 bridgehead atoms. The minimum Gasteiger partial charge on any atom is -0.489 e. The van der Waals surface area contributed by atoms with E-state index in [-0.39, 0.29) is 29.7 Å². The maximum atomic E-state index is 13.9. The van der Waals surface area contributed by atoms with Crippen LogP contribution >= 0.6 is 11.3 Å². The number of nitrogens with one attached hydrogen (secondary N) is 3. The number of benzene rings is 1. The van der Waals surface area contributed by atoms with Gasteiger partial charge in [0.05, 0.1) is 23.2 Å². The van der Waals surface area contributed by atoms with E-state index in [1.807, 2.05) is 0 Å². The number of aromatic nitrogens is 3. The van der Waals surface area contributed by atoms with Gasteiger partial charge in [0, 0.05) is 18.0 Å². The fraction of sp³-hybridized carbons (Fsp3) is 0.579. The lowest BCUT2D eigenvalue weighted by atomic mass is 9.84. The van der Waals surface area contributed by atoms with E-state index >= 15 is 0 Å². The number of esters is 1. The summed E-state index contributed by atoms with van der Waals surface area (Å²) < 4.78 is 61.8. The molecule has 0 saturated carbocycles. The zero-order chi connectivity index (χ0) is 47.5. The van der Waals surface area contributed by atoms with Gasteiger partial charge in [0.15, 0.2) is 17.9 Å². The van der Waals surface area contributed by atoms with Crippen molar-refractivity contribution in [2.24, 2.45) is 12.2 Å². The molecular weight excluding hydrogens is 873 g/mol. The lowest BCUT2D eigenvalue weighted by molar-refractivity contribution is -0.731. The highest BCUT2D eigenvalue weighted by atomic mass is 32.3. The summed E-state index contributed by atoms with van der Waals surface area (Å²) in [4.78, 5) is 74.7. The van der Waals surface area contributed by atoms with Crippen molar-refractivity contribution in [2.75, 3.05) is 18.5 Å². The summed E-state index contributed by atoms with van der Waals surface area (Å²) in [5.41, 5.74) is -4.08. The number of hydroxylamine groups is 2. The van der Waals surface area contributed by atoms with Crippen molar-refractivity contribution in [2.45, 2.75) is 123 Å². The highest BCUT2D eigenvalue weighted by molar-refractivity contribution is 7.80. The number of aliphatic hydroxyl groups excluding tert-OH is 1. The number of anilines is 1. The molecule has 0 unspecified atom stereocenters. The number of rotatable bonds is 16. The fourth-order valence-corrected chi connectivity index (χ4v) is 6.76. The number of thiazole rings is 1. The Hall–Kier alpha value is -5.63. The van der Waals surface area contributed by atoms with E-state index in [0.29, 0.717) is 10.4 Å². The van der Waals surface area contributed by atoms with Crippen molar-refractivity contribution in [1.29, 1.82) is 0 Å². The molecule has 1 aliphatic rings. The number of hydrogen-bond acceptors (Lipinski definition) is 17. The molecule has 0 spiro atoms. The summed E-state index contributed by atoms with van der Waals surface area (Å²) in [7, 11) is -3.32. The van der Waals surface area contributed by atoms with Crippen LogP contribution in [0.4, 0.5) is 14.7 Å². The van der Waals surface area contributed by atoms with E-state index in [0.717, 1.165) is 16.9 Å². The molecule has 4 amide bonds. The second-order valence-electron chi connectivity index (χ2n) is 17.8. The van der Waals surface area contributed by atoms with E-state index in [9.17, 15) is 37.5 Å². The second-order valence-corrected chi connectivity index (χ2v) is 19.6. The number of hydrogen-bond donors (Lipinski definition) is 5. The molecule has 5 N–H and O–H groups in total. The maximum Gasteiger partial charge on any atom is 0.418 e. The second kappa shape index (κ2) is 19.0. The molecule has 3 heterocycles. The van der Waals surface area contributed by atoms with E-state index < -0.39 is 93.3 Å². The summed E-state index contributed by atoms with van der Waals surface area (Å²) in [6.07, 6.45) is -2.34. The maximum absolute atomic E-state index is 13.9. The predicted molar refractivity (Wildman–Crippen MR) is 224 cm³/mol. The Kier molecular flexibility index (Phi) is 15.1. The molecule has 1 saturated heterocycles. The number of aryl methyl sites for hydroxylation is 1. The number of β-lactam (4-membered cyclic amide) rings is 1. The lowest BCUT2D eigenvalue weighted by Gasteiger charge is -2.50. The Balaban J connectivity index is 1.59. The molecule has 3 atom stereocenters. The van der Waals surface area contributed by atoms with E-state index in [1.54, 1.807) is 103 Å². The third-order valence-corrected chi connectivity index (χ3v) is 9.43. The first-order chi connectivity index (χ1) is 28.8. The average molecular weight is 928 g/mol. The molecule has 0 aliphatic carbocycles. The predicted octanol–water partition coefficient (Wildman–Crippen LogP) is 2.50. The molecule has 1 aromatic carbocycles. The first-order valence-corrected chi connectivity index (χ1v) is 21.6. The first-order valence-electron chi connectivity index (χ1n) is 19.3. The average Bonchev–Trinajstić information content (AvgIpc) is 3.69. The highest BCUT2D eigenvalue weighted by Crippen LogP contribution is 2.33. The Labute approximate surface area is 367 Å². The number of ether oxygens (including phenoxy) is 4. The van der Waals surface area contributed by atoms with Crippen LogP contribution in [0.1, 0.15) is 81.9 Å². The van der Waals surface area contributed by atoms with Gasteiger partial charge >= 0.3 is 28.6 Å². The molecule has 1 aliphatic heterocycles. The van der Waals surface area contributed by atoms with Gasteiger partial charge in [-0.25, -0.2) is 19.4 Å². The van der Waals surface area contributed by atoms with Crippen molar-refractivity contribution in [3.63, 3.8) is 0 Å². The first kappa shape index (κ1) is 50.0. The number of aliphatic hydroxyl groups is 1. The summed E-state index contributed by atoms with van der Waals surface area (Å²) in [6.45, 7) is 17.3. The quantitative estimate of drug-likeness (QED) is 0.0262. The van der Waals surface area contributed by atoms with E-state index in [4.69, 9.17) is 28.3 Å². The van der Waals surface area contributed by atoms with Crippen LogP contribution in [-0.2, 0) is 61.7 Å². The van der Waals surface area contributed by atoms with Crippen LogP contribution in [-0.4, -0.2) is 122 Å². The smallest absolute Gasteiger partial charge is 0.418 e. The molecule has 0 radical (unpaired) electrons. The van der Waals surface area contributed by atoms with Crippen LogP contribution < -0.4 is 25.4 Å². The van der Waals surface area contributed by atoms with Crippen molar-refractivity contribution in [3.05, 3.63) is 35.5 Å². The number of carbonyl (C=O) groups is 5. The number of amides is 4. The summed E-state index contributed by atoms with van der Waals surface area (Å²) in [5.74, 6) is -2.77. The molecular formula is C38H55N8O15S2+. The number of carbonyl (C=O) groups excluding carboxylic acids is 5. The van der Waals surface area contributed by atoms with Gasteiger partial charge < -0.3 is 39.5 Å². The highest BCUT2D eigenvalue weighted by Gasteiger charge is 2.58. The van der Waals surface area contributed by atoms with Crippen LogP contribution in [0.2, 0.25) is 0 Å². The normalized spacial score (nSPS) is 16.7. The van der Waals surface area contributed by atoms with Gasteiger partial charge in [-0.15, -0.1) is 20.3 Å². The van der Waals surface area contributed by atoms with Crippen molar-refractivity contribution in [3.8, 4) is 5.75 Å². The van der Waals surface area contributed by atoms with Crippen LogP contribution in [0.25, 0.3) is 10.9 Å². The van der Waals surface area contributed by atoms with Gasteiger partial charge in [-0.3, -0.25) is 19.5 Å². The van der Waals surface area contributed by atoms with Crippen molar-refractivity contribution in [1.82, 2.24) is 25.4 Å². The molecule has 1 fully saturated rings. The third-order valence-electron chi connectivity index (χ3n) is 8.33. The Morgan fingerprint density at radius 3 is 2.21 bits per heavy atom. The van der Waals surface area contributed by atoms with Crippen LogP contribution in [0.3, 0.4) is 0 Å². The van der Waals surface area contributed by atoms with E-state index in [2.05, 4.69) is 30.4 Å². The minimum atomic E-state index is -5.10. The molecule has 4 rings (SSSR count). The van der Waals surface area contributed by atoms with E-state index in [1.165, 1.54) is 19.2 Å². The summed E-state index contributed by atoms with van der Waals surface area (Å²) in [5, 5.41) is 24.4. The van der Waals surface area contributed by atoms with Gasteiger partial charge in [0.1, 0.15) is 47.4 Å². The summed E-state index contributed by atoms with van der Waals surface area (Å²) in [6, 6.07) is 3.63. The number of nitrogens with zero attached hydrogens (tertiary/aromatic N) is 5. The third kappa shape index (κ3) is 14.5. The summed E-state index contributed by atoms with van der Waals surface area (Å²) >= 11 is 0.879. The Bertz CT molecular complexity index is 2340. The zero-order valence-corrected chi connectivity index (χ0v) is 38.6. The molecule has 25 heteroatoms. The Morgan fingerprint density at radius 2 is 1.62 bits per heavy atom. The Morgan fingerprint density at radius 1 is 1.00 bits per heavy atom. The van der Waals surface area contributed by atoms with Crippen molar-refractivity contribution < 1.29 is 74.8 Å². The topological polar surface area (TPSA) is 289 Å².